The number of amides is 1. The number of fused-ring (bicyclic) bond motifs is 1. The van der Waals surface area contributed by atoms with Crippen molar-refractivity contribution in [2.45, 2.75) is 0 Å². The number of benzene rings is 2. The smallest absolute Gasteiger partial charge is 0.258 e. The molecule has 0 saturated carbocycles. The molecule has 1 aromatic heterocycles. The number of hydrogen-bond acceptors (Lipinski definition) is 3. The van der Waals surface area contributed by atoms with E-state index in [-0.39, 0.29) is 11.3 Å². The third kappa shape index (κ3) is 2.41. The zero-order valence-electron chi connectivity index (χ0n) is 10.9. The minimum Gasteiger partial charge on any atom is -0.507 e. The molecule has 0 aliphatic rings. The third-order valence-electron chi connectivity index (χ3n) is 3.16. The summed E-state index contributed by atoms with van der Waals surface area (Å²) in [5, 5.41) is 13.8. The van der Waals surface area contributed by atoms with E-state index in [1.54, 1.807) is 36.4 Å². The van der Waals surface area contributed by atoms with Crippen molar-refractivity contribution >= 4 is 22.4 Å². The highest BCUT2D eigenvalue weighted by molar-refractivity contribution is 6.09. The van der Waals surface area contributed by atoms with Crippen LogP contribution in [0, 0.1) is 5.82 Å². The lowest BCUT2D eigenvalue weighted by atomic mass is 10.1. The molecule has 2 aromatic carbocycles. The molecular formula is C16H11FN2O2. The lowest BCUT2D eigenvalue weighted by Gasteiger charge is -2.10. The SMILES string of the molecule is O=C(Nc1cccc2c(O)cccc12)c1ccncc1F. The Balaban J connectivity index is 2.01. The third-order valence-corrected chi connectivity index (χ3v) is 3.16. The second kappa shape index (κ2) is 5.20. The summed E-state index contributed by atoms with van der Waals surface area (Å²) in [5.74, 6) is -1.12. The Morgan fingerprint density at radius 2 is 1.86 bits per heavy atom. The second-order valence-corrected chi connectivity index (χ2v) is 4.49. The second-order valence-electron chi connectivity index (χ2n) is 4.49. The minimum absolute atomic E-state index is 0.0813. The molecule has 0 unspecified atom stereocenters. The largest absolute Gasteiger partial charge is 0.507 e. The van der Waals surface area contributed by atoms with E-state index in [4.69, 9.17) is 0 Å². The van der Waals surface area contributed by atoms with E-state index in [1.165, 1.54) is 12.3 Å². The van der Waals surface area contributed by atoms with Crippen molar-refractivity contribution in [3.63, 3.8) is 0 Å². The molecule has 0 bridgehead atoms. The Kier molecular flexibility index (Phi) is 3.23. The number of phenols is 1. The molecule has 4 nitrogen and oxygen atoms in total. The van der Waals surface area contributed by atoms with Crippen molar-refractivity contribution < 1.29 is 14.3 Å². The maximum Gasteiger partial charge on any atom is 0.258 e. The van der Waals surface area contributed by atoms with Crippen LogP contribution in [0.25, 0.3) is 10.8 Å². The molecule has 0 saturated heterocycles. The predicted octanol–water partition coefficient (Wildman–Crippen LogP) is 3.33. The number of rotatable bonds is 2. The van der Waals surface area contributed by atoms with E-state index in [9.17, 15) is 14.3 Å². The van der Waals surface area contributed by atoms with Gasteiger partial charge in [-0.2, -0.15) is 0 Å². The molecule has 1 heterocycles. The van der Waals surface area contributed by atoms with E-state index < -0.39 is 11.7 Å². The zero-order chi connectivity index (χ0) is 14.8. The summed E-state index contributed by atoms with van der Waals surface area (Å²) in [6.07, 6.45) is 2.34. The quantitative estimate of drug-likeness (QED) is 0.757. The summed E-state index contributed by atoms with van der Waals surface area (Å²) in [6.45, 7) is 0. The fourth-order valence-corrected chi connectivity index (χ4v) is 2.15. The average molecular weight is 282 g/mol. The summed E-state index contributed by atoms with van der Waals surface area (Å²) in [7, 11) is 0. The van der Waals surface area contributed by atoms with Crippen molar-refractivity contribution in [3.8, 4) is 5.75 Å². The van der Waals surface area contributed by atoms with E-state index in [0.717, 1.165) is 6.20 Å². The molecule has 21 heavy (non-hydrogen) atoms. The molecule has 104 valence electrons. The lowest BCUT2D eigenvalue weighted by molar-refractivity contribution is 0.102. The molecule has 3 aromatic rings. The summed E-state index contributed by atoms with van der Waals surface area (Å²) < 4.78 is 13.6. The standard InChI is InChI=1S/C16H11FN2O2/c17-13-9-18-8-7-12(13)16(21)19-14-5-1-4-11-10(14)3-2-6-15(11)20/h1-9,20H,(H,19,21). The summed E-state index contributed by atoms with van der Waals surface area (Å²) in [6, 6.07) is 11.5. The molecule has 0 aliphatic carbocycles. The van der Waals surface area contributed by atoms with Gasteiger partial charge in [0.15, 0.2) is 5.82 Å². The highest BCUT2D eigenvalue weighted by Gasteiger charge is 2.13. The van der Waals surface area contributed by atoms with Crippen LogP contribution in [0.15, 0.2) is 54.9 Å². The number of carbonyl (C=O) groups is 1. The maximum absolute atomic E-state index is 13.6. The highest BCUT2D eigenvalue weighted by atomic mass is 19.1. The Morgan fingerprint density at radius 3 is 2.67 bits per heavy atom. The van der Waals surface area contributed by atoms with Gasteiger partial charge in [-0.25, -0.2) is 4.39 Å². The summed E-state index contributed by atoms with van der Waals surface area (Å²) in [4.78, 5) is 15.7. The first-order valence-electron chi connectivity index (χ1n) is 6.28. The average Bonchev–Trinajstić information content (AvgIpc) is 2.49. The zero-order valence-corrected chi connectivity index (χ0v) is 10.9. The summed E-state index contributed by atoms with van der Waals surface area (Å²) in [5.41, 5.74) is 0.423. The molecule has 0 spiro atoms. The van der Waals surface area contributed by atoms with Crippen LogP contribution in [0.1, 0.15) is 10.4 Å². The van der Waals surface area contributed by atoms with Crippen LogP contribution in [0.3, 0.4) is 0 Å². The molecule has 1 amide bonds. The first-order valence-corrected chi connectivity index (χ1v) is 6.28. The monoisotopic (exact) mass is 282 g/mol. The van der Waals surface area contributed by atoms with Gasteiger partial charge in [0, 0.05) is 22.7 Å². The van der Waals surface area contributed by atoms with Gasteiger partial charge in [0.25, 0.3) is 5.91 Å². The molecular weight excluding hydrogens is 271 g/mol. The van der Waals surface area contributed by atoms with Crippen LogP contribution >= 0.6 is 0 Å². The van der Waals surface area contributed by atoms with Gasteiger partial charge in [-0.15, -0.1) is 0 Å². The number of nitrogens with one attached hydrogen (secondary N) is 1. The normalized spacial score (nSPS) is 10.5. The maximum atomic E-state index is 13.6. The van der Waals surface area contributed by atoms with Gasteiger partial charge in [-0.3, -0.25) is 9.78 Å². The lowest BCUT2D eigenvalue weighted by Crippen LogP contribution is -2.14. The number of aromatic hydroxyl groups is 1. The van der Waals surface area contributed by atoms with E-state index in [1.807, 2.05) is 0 Å². The molecule has 5 heteroatoms. The number of hydrogen-bond donors (Lipinski definition) is 2. The van der Waals surface area contributed by atoms with Crippen LogP contribution in [-0.4, -0.2) is 16.0 Å². The van der Waals surface area contributed by atoms with Gasteiger partial charge < -0.3 is 10.4 Å². The highest BCUT2D eigenvalue weighted by Crippen LogP contribution is 2.30. The fourth-order valence-electron chi connectivity index (χ4n) is 2.15. The number of phenolic OH excluding ortho intramolecular Hbond substituents is 1. The van der Waals surface area contributed by atoms with Gasteiger partial charge in [0.1, 0.15) is 5.75 Å². The molecule has 0 fully saturated rings. The van der Waals surface area contributed by atoms with Gasteiger partial charge >= 0.3 is 0 Å². The molecule has 3 rings (SSSR count). The van der Waals surface area contributed by atoms with Crippen molar-refractivity contribution in [3.05, 3.63) is 66.2 Å². The van der Waals surface area contributed by atoms with Crippen molar-refractivity contribution in [1.82, 2.24) is 4.98 Å². The van der Waals surface area contributed by atoms with Gasteiger partial charge in [-0.05, 0) is 18.2 Å². The van der Waals surface area contributed by atoms with E-state index in [0.29, 0.717) is 16.5 Å². The van der Waals surface area contributed by atoms with Crippen LogP contribution in [0.5, 0.6) is 5.75 Å². The number of nitrogens with zero attached hydrogens (tertiary/aromatic N) is 1. The van der Waals surface area contributed by atoms with Gasteiger partial charge in [0.2, 0.25) is 0 Å². The Hall–Kier alpha value is -2.95. The van der Waals surface area contributed by atoms with Crippen molar-refractivity contribution in [1.29, 1.82) is 0 Å². The van der Waals surface area contributed by atoms with Crippen molar-refractivity contribution in [2.75, 3.05) is 5.32 Å². The Labute approximate surface area is 119 Å². The molecule has 0 radical (unpaired) electrons. The molecule has 2 N–H and O–H groups in total. The number of halogens is 1. The first-order chi connectivity index (χ1) is 10.2. The molecule has 0 atom stereocenters. The Morgan fingerprint density at radius 1 is 1.10 bits per heavy atom. The topological polar surface area (TPSA) is 62.2 Å². The number of anilines is 1. The van der Waals surface area contributed by atoms with E-state index in [2.05, 4.69) is 10.3 Å². The van der Waals surface area contributed by atoms with Crippen LogP contribution in [0.4, 0.5) is 10.1 Å². The first kappa shape index (κ1) is 13.1. The predicted molar refractivity (Wildman–Crippen MR) is 77.8 cm³/mol. The number of aromatic nitrogens is 1. The van der Waals surface area contributed by atoms with Gasteiger partial charge in [-0.1, -0.05) is 24.3 Å². The van der Waals surface area contributed by atoms with Crippen LogP contribution in [-0.2, 0) is 0 Å². The molecule has 0 aliphatic heterocycles. The number of pyridine rings is 1. The summed E-state index contributed by atoms with van der Waals surface area (Å²) >= 11 is 0. The van der Waals surface area contributed by atoms with Gasteiger partial charge in [0.05, 0.1) is 11.8 Å². The van der Waals surface area contributed by atoms with Crippen LogP contribution < -0.4 is 5.32 Å². The Bertz CT molecular complexity index is 833. The minimum atomic E-state index is -0.682. The van der Waals surface area contributed by atoms with E-state index >= 15 is 0 Å². The van der Waals surface area contributed by atoms with Crippen LogP contribution in [0.2, 0.25) is 0 Å². The fraction of sp³-hybridized carbons (Fsp3) is 0. The van der Waals surface area contributed by atoms with Crippen molar-refractivity contribution in [2.24, 2.45) is 0 Å². The number of carbonyl (C=O) groups excluding carboxylic acids is 1.